The van der Waals surface area contributed by atoms with Gasteiger partial charge in [0.2, 0.25) is 0 Å². The van der Waals surface area contributed by atoms with E-state index in [0.717, 1.165) is 11.4 Å². The monoisotopic (exact) mass is 646 g/mol. The molecule has 0 atom stereocenters. The second kappa shape index (κ2) is 17.0. The van der Waals surface area contributed by atoms with Gasteiger partial charge < -0.3 is 0 Å². The van der Waals surface area contributed by atoms with Crippen LogP contribution in [0, 0.1) is 13.8 Å². The van der Waals surface area contributed by atoms with Gasteiger partial charge in [0.15, 0.2) is 0 Å². The van der Waals surface area contributed by atoms with Crippen molar-refractivity contribution in [2.75, 3.05) is 0 Å². The molecule has 2 heterocycles. The summed E-state index contributed by atoms with van der Waals surface area (Å²) in [6.07, 6.45) is 3.45. The SMILES string of the molecule is Cl.Cl.[CH2-]c1ccccn1.[CH2-]c1ccccn1.[Pt].[Pt]. The smallest absolute Gasteiger partial charge is 0.0222 e. The van der Waals surface area contributed by atoms with Gasteiger partial charge in [-0.3, -0.25) is 9.97 Å². The minimum atomic E-state index is 0. The summed E-state index contributed by atoms with van der Waals surface area (Å²) < 4.78 is 0. The summed E-state index contributed by atoms with van der Waals surface area (Å²) in [5, 5.41) is 0. The molecule has 0 saturated heterocycles. The predicted molar refractivity (Wildman–Crippen MR) is 71.9 cm³/mol. The molecule has 0 aliphatic rings. The minimum Gasteiger partial charge on any atom is -0.296 e. The Morgan fingerprint density at radius 2 is 1.00 bits per heavy atom. The van der Waals surface area contributed by atoms with Gasteiger partial charge in [-0.05, 0) is 0 Å². The number of hydrogen-bond donors (Lipinski definition) is 0. The van der Waals surface area contributed by atoms with Gasteiger partial charge in [0.05, 0.1) is 0 Å². The van der Waals surface area contributed by atoms with Crippen LogP contribution in [0.5, 0.6) is 0 Å². The summed E-state index contributed by atoms with van der Waals surface area (Å²) in [6.45, 7) is 7.22. The molecule has 2 rings (SSSR count). The summed E-state index contributed by atoms with van der Waals surface area (Å²) >= 11 is 0. The normalized spacial score (nSPS) is 6.67. The van der Waals surface area contributed by atoms with E-state index < -0.39 is 0 Å². The van der Waals surface area contributed by atoms with E-state index in [4.69, 9.17) is 0 Å². The maximum Gasteiger partial charge on any atom is 0.0222 e. The third-order valence-electron chi connectivity index (χ3n) is 1.45. The van der Waals surface area contributed by atoms with E-state index in [2.05, 4.69) is 23.8 Å². The van der Waals surface area contributed by atoms with Crippen molar-refractivity contribution >= 4 is 24.8 Å². The van der Waals surface area contributed by atoms with Crippen molar-refractivity contribution in [1.29, 1.82) is 0 Å². The van der Waals surface area contributed by atoms with Gasteiger partial charge in [0.1, 0.15) is 0 Å². The fourth-order valence-corrected chi connectivity index (χ4v) is 0.796. The van der Waals surface area contributed by atoms with E-state index >= 15 is 0 Å². The first-order valence-electron chi connectivity index (χ1n) is 4.25. The van der Waals surface area contributed by atoms with Gasteiger partial charge in [-0.15, -0.1) is 48.3 Å². The van der Waals surface area contributed by atoms with E-state index in [9.17, 15) is 0 Å². The van der Waals surface area contributed by atoms with Crippen molar-refractivity contribution in [2.24, 2.45) is 0 Å². The van der Waals surface area contributed by atoms with E-state index in [1.54, 1.807) is 12.4 Å². The van der Waals surface area contributed by atoms with Gasteiger partial charge in [0.25, 0.3) is 0 Å². The summed E-state index contributed by atoms with van der Waals surface area (Å²) in [5.41, 5.74) is 1.64. The number of halogens is 2. The molecular formula is C12H14Cl2N2Pt2-2. The molecule has 2 aromatic heterocycles. The van der Waals surface area contributed by atoms with E-state index in [-0.39, 0.29) is 66.9 Å². The standard InChI is InChI=1S/2C6H6N.2ClH.2Pt/c2*1-6-4-2-3-5-7-6;;;;/h2*2-5H,1H2;2*1H;;/q2*-1;;;;. The minimum absolute atomic E-state index is 0. The van der Waals surface area contributed by atoms with Gasteiger partial charge in [0, 0.05) is 54.5 Å². The first-order valence-corrected chi connectivity index (χ1v) is 4.25. The Morgan fingerprint density at radius 1 is 0.667 bits per heavy atom. The molecule has 2 nitrogen and oxygen atoms in total. The zero-order valence-corrected chi connectivity index (χ0v) is 15.6. The van der Waals surface area contributed by atoms with Crippen LogP contribution in [0.1, 0.15) is 11.4 Å². The van der Waals surface area contributed by atoms with Gasteiger partial charge in [-0.25, -0.2) is 13.8 Å². The van der Waals surface area contributed by atoms with E-state index in [1.807, 2.05) is 36.4 Å². The third-order valence-corrected chi connectivity index (χ3v) is 1.45. The zero-order chi connectivity index (χ0) is 10.2. The van der Waals surface area contributed by atoms with Crippen LogP contribution in [-0.4, -0.2) is 9.97 Å². The number of hydrogen-bond acceptors (Lipinski definition) is 2. The molecular weight excluding hydrogens is 633 g/mol. The van der Waals surface area contributed by atoms with E-state index in [0.29, 0.717) is 0 Å². The molecule has 2 aromatic rings. The summed E-state index contributed by atoms with van der Waals surface area (Å²) in [5.74, 6) is 0. The van der Waals surface area contributed by atoms with Gasteiger partial charge in [-0.2, -0.15) is 12.1 Å². The fourth-order valence-electron chi connectivity index (χ4n) is 0.796. The average molecular weight is 647 g/mol. The van der Waals surface area contributed by atoms with Crippen molar-refractivity contribution in [1.82, 2.24) is 9.97 Å². The molecule has 0 unspecified atom stereocenters. The van der Waals surface area contributed by atoms with Crippen LogP contribution in [0.4, 0.5) is 0 Å². The topological polar surface area (TPSA) is 25.8 Å². The van der Waals surface area contributed by atoms with Crippen molar-refractivity contribution in [2.45, 2.75) is 0 Å². The molecule has 0 aliphatic heterocycles. The number of aromatic nitrogens is 2. The van der Waals surface area contributed by atoms with Crippen LogP contribution >= 0.6 is 24.8 Å². The second-order valence-electron chi connectivity index (χ2n) is 2.64. The van der Waals surface area contributed by atoms with Gasteiger partial charge in [-0.1, -0.05) is 12.1 Å². The molecule has 18 heavy (non-hydrogen) atoms. The number of pyridine rings is 2. The molecule has 0 amide bonds. The van der Waals surface area contributed by atoms with Crippen LogP contribution in [0.2, 0.25) is 0 Å². The Morgan fingerprint density at radius 3 is 1.11 bits per heavy atom. The maximum atomic E-state index is 3.87. The van der Waals surface area contributed by atoms with Crippen LogP contribution in [0.3, 0.4) is 0 Å². The summed E-state index contributed by atoms with van der Waals surface area (Å²) in [7, 11) is 0. The van der Waals surface area contributed by atoms with Crippen LogP contribution in [0.25, 0.3) is 0 Å². The number of nitrogens with zero attached hydrogens (tertiary/aromatic N) is 2. The summed E-state index contributed by atoms with van der Waals surface area (Å²) in [4.78, 5) is 7.74. The molecule has 0 saturated carbocycles. The molecule has 0 N–H and O–H groups in total. The van der Waals surface area contributed by atoms with Crippen molar-refractivity contribution < 1.29 is 42.1 Å². The van der Waals surface area contributed by atoms with Crippen molar-refractivity contribution in [3.8, 4) is 0 Å². The van der Waals surface area contributed by atoms with Crippen molar-refractivity contribution in [3.05, 3.63) is 74.0 Å². The largest absolute Gasteiger partial charge is 0.296 e. The van der Waals surface area contributed by atoms with Crippen LogP contribution < -0.4 is 0 Å². The van der Waals surface area contributed by atoms with Crippen LogP contribution in [0.15, 0.2) is 48.8 Å². The predicted octanol–water partition coefficient (Wildman–Crippen LogP) is 3.37. The maximum absolute atomic E-state index is 3.87. The first-order chi connectivity index (χ1) is 6.79. The molecule has 0 aromatic carbocycles. The van der Waals surface area contributed by atoms with Gasteiger partial charge >= 0.3 is 0 Å². The Bertz CT molecular complexity index is 323. The Balaban J connectivity index is -0.0000000891. The molecule has 0 spiro atoms. The Kier molecular flexibility index (Phi) is 25.1. The Hall–Kier alpha value is -0.00338. The average Bonchev–Trinajstić information content (AvgIpc) is 2.21. The van der Waals surface area contributed by atoms with Crippen molar-refractivity contribution in [3.63, 3.8) is 0 Å². The summed E-state index contributed by atoms with van der Waals surface area (Å²) in [6, 6.07) is 11.3. The third kappa shape index (κ3) is 14.1. The quantitative estimate of drug-likeness (QED) is 0.411. The fraction of sp³-hybridized carbons (Fsp3) is 0. The zero-order valence-electron chi connectivity index (χ0n) is 9.38. The van der Waals surface area contributed by atoms with E-state index in [1.165, 1.54) is 0 Å². The molecule has 0 aliphatic carbocycles. The Labute approximate surface area is 150 Å². The second-order valence-corrected chi connectivity index (χ2v) is 2.64. The number of rotatable bonds is 0. The van der Waals surface area contributed by atoms with Crippen LogP contribution in [-0.2, 0) is 42.1 Å². The molecule has 108 valence electrons. The molecule has 0 fully saturated rings. The molecule has 0 bridgehead atoms. The first kappa shape index (κ1) is 26.5. The molecule has 0 radical (unpaired) electrons. The molecule has 6 heteroatoms.